The van der Waals surface area contributed by atoms with Crippen molar-refractivity contribution in [3.63, 3.8) is 0 Å². The Morgan fingerprint density at radius 2 is 2.04 bits per heavy atom. The summed E-state index contributed by atoms with van der Waals surface area (Å²) in [5, 5.41) is 6.31. The molecule has 4 heteroatoms. The summed E-state index contributed by atoms with van der Waals surface area (Å²) in [7, 11) is 0. The smallest absolute Gasteiger partial charge is 0.207 e. The Hall–Kier alpha value is -2.20. The van der Waals surface area contributed by atoms with Gasteiger partial charge in [0.1, 0.15) is 5.82 Å². The highest BCUT2D eigenvalue weighted by Gasteiger charge is 2.24. The van der Waals surface area contributed by atoms with Gasteiger partial charge in [-0.25, -0.2) is 4.39 Å². The second-order valence-electron chi connectivity index (χ2n) is 5.96. The molecule has 1 amide bonds. The normalized spacial score (nSPS) is 20.4. The van der Waals surface area contributed by atoms with Gasteiger partial charge in [0.15, 0.2) is 0 Å². The monoisotopic (exact) mass is 312 g/mol. The van der Waals surface area contributed by atoms with E-state index in [1.807, 2.05) is 24.3 Å². The van der Waals surface area contributed by atoms with Gasteiger partial charge in [0.25, 0.3) is 0 Å². The van der Waals surface area contributed by atoms with E-state index in [0.717, 1.165) is 31.2 Å². The first-order chi connectivity index (χ1) is 11.3. The molecule has 0 aromatic heterocycles. The quantitative estimate of drug-likeness (QED) is 0.634. The maximum absolute atomic E-state index is 14.0. The number of hydrogen-bond acceptors (Lipinski definition) is 2. The van der Waals surface area contributed by atoms with Crippen molar-refractivity contribution in [1.82, 2.24) is 10.6 Å². The molecule has 0 spiro atoms. The average Bonchev–Trinajstić information content (AvgIpc) is 3.05. The van der Waals surface area contributed by atoms with Crippen LogP contribution in [-0.4, -0.2) is 19.0 Å². The number of hydrogen-bond donors (Lipinski definition) is 2. The highest BCUT2D eigenvalue weighted by Crippen LogP contribution is 2.31. The summed E-state index contributed by atoms with van der Waals surface area (Å²) >= 11 is 0. The van der Waals surface area contributed by atoms with Crippen LogP contribution in [0, 0.1) is 5.82 Å². The number of benzene rings is 2. The van der Waals surface area contributed by atoms with Gasteiger partial charge in [0.05, 0.1) is 0 Å². The van der Waals surface area contributed by atoms with Crippen LogP contribution < -0.4 is 10.6 Å². The second-order valence-corrected chi connectivity index (χ2v) is 5.96. The van der Waals surface area contributed by atoms with Crippen LogP contribution in [0.5, 0.6) is 0 Å². The topological polar surface area (TPSA) is 41.1 Å². The summed E-state index contributed by atoms with van der Waals surface area (Å²) in [6, 6.07) is 15.7. The van der Waals surface area contributed by atoms with Crippen LogP contribution in [-0.2, 0) is 4.79 Å². The highest BCUT2D eigenvalue weighted by atomic mass is 19.1. The first kappa shape index (κ1) is 15.7. The molecule has 0 bridgehead atoms. The zero-order valence-electron chi connectivity index (χ0n) is 13.0. The number of rotatable bonds is 6. The van der Waals surface area contributed by atoms with Gasteiger partial charge in [-0.05, 0) is 42.5 Å². The fraction of sp³-hybridized carbons (Fsp3) is 0.316. The van der Waals surface area contributed by atoms with E-state index in [4.69, 9.17) is 0 Å². The zero-order valence-corrected chi connectivity index (χ0v) is 13.0. The molecule has 3 rings (SSSR count). The van der Waals surface area contributed by atoms with Crippen LogP contribution in [0.25, 0.3) is 11.1 Å². The van der Waals surface area contributed by atoms with E-state index in [-0.39, 0.29) is 5.82 Å². The number of halogens is 1. The first-order valence-corrected chi connectivity index (χ1v) is 8.06. The number of carbonyl (C=O) groups is 1. The van der Waals surface area contributed by atoms with Crippen molar-refractivity contribution in [2.75, 3.05) is 6.54 Å². The van der Waals surface area contributed by atoms with E-state index in [1.165, 1.54) is 11.6 Å². The van der Waals surface area contributed by atoms with Crippen molar-refractivity contribution >= 4 is 6.41 Å². The predicted octanol–water partition coefficient (Wildman–Crippen LogP) is 3.42. The van der Waals surface area contributed by atoms with Crippen molar-refractivity contribution in [3.8, 4) is 11.1 Å². The molecule has 2 aromatic carbocycles. The van der Waals surface area contributed by atoms with Crippen LogP contribution in [0.2, 0.25) is 0 Å². The fourth-order valence-electron chi connectivity index (χ4n) is 3.24. The SMILES string of the molecule is O=CNCCC1CCC(c2cccc(-c3ccccc3F)c2)N1. The van der Waals surface area contributed by atoms with Gasteiger partial charge < -0.3 is 10.6 Å². The van der Waals surface area contributed by atoms with Gasteiger partial charge in [-0.2, -0.15) is 0 Å². The van der Waals surface area contributed by atoms with Crippen LogP contribution in [0.15, 0.2) is 48.5 Å². The number of carbonyl (C=O) groups excluding carboxylic acids is 1. The summed E-state index contributed by atoms with van der Waals surface area (Å²) in [5.41, 5.74) is 2.74. The van der Waals surface area contributed by atoms with E-state index in [9.17, 15) is 9.18 Å². The maximum Gasteiger partial charge on any atom is 0.207 e. The molecule has 1 aliphatic heterocycles. The van der Waals surface area contributed by atoms with Crippen molar-refractivity contribution in [2.45, 2.75) is 31.3 Å². The lowest BCUT2D eigenvalue weighted by atomic mass is 9.98. The van der Waals surface area contributed by atoms with Gasteiger partial charge >= 0.3 is 0 Å². The molecule has 1 saturated heterocycles. The molecule has 2 N–H and O–H groups in total. The van der Waals surface area contributed by atoms with Gasteiger partial charge in [-0.3, -0.25) is 4.79 Å². The molecule has 2 aromatic rings. The highest BCUT2D eigenvalue weighted by molar-refractivity contribution is 5.65. The molecular weight excluding hydrogens is 291 g/mol. The summed E-state index contributed by atoms with van der Waals surface area (Å²) in [4.78, 5) is 10.3. The van der Waals surface area contributed by atoms with Crippen molar-refractivity contribution in [2.24, 2.45) is 0 Å². The third-order valence-electron chi connectivity index (χ3n) is 4.44. The molecule has 0 radical (unpaired) electrons. The lowest BCUT2D eigenvalue weighted by Crippen LogP contribution is -2.28. The largest absolute Gasteiger partial charge is 0.359 e. The minimum absolute atomic E-state index is 0.193. The zero-order chi connectivity index (χ0) is 16.1. The van der Waals surface area contributed by atoms with E-state index in [0.29, 0.717) is 24.2 Å². The van der Waals surface area contributed by atoms with Gasteiger partial charge in [-0.15, -0.1) is 0 Å². The molecule has 120 valence electrons. The predicted molar refractivity (Wildman–Crippen MR) is 89.4 cm³/mol. The van der Waals surface area contributed by atoms with Gasteiger partial charge in [0.2, 0.25) is 6.41 Å². The Kier molecular flexibility index (Phi) is 5.03. The summed E-state index contributed by atoms with van der Waals surface area (Å²) in [6.07, 6.45) is 3.83. The number of nitrogens with one attached hydrogen (secondary N) is 2. The Balaban J connectivity index is 1.71. The molecule has 0 aliphatic carbocycles. The Morgan fingerprint density at radius 1 is 1.17 bits per heavy atom. The molecule has 0 saturated carbocycles. The molecule has 1 aliphatic rings. The molecule has 1 heterocycles. The molecule has 23 heavy (non-hydrogen) atoms. The van der Waals surface area contributed by atoms with Crippen LogP contribution in [0.4, 0.5) is 4.39 Å². The van der Waals surface area contributed by atoms with Crippen LogP contribution in [0.1, 0.15) is 30.9 Å². The summed E-state index contributed by atoms with van der Waals surface area (Å²) in [6.45, 7) is 0.698. The van der Waals surface area contributed by atoms with Gasteiger partial charge in [0, 0.05) is 24.2 Å². The molecule has 2 atom stereocenters. The summed E-state index contributed by atoms with van der Waals surface area (Å²) in [5.74, 6) is -0.193. The van der Waals surface area contributed by atoms with Crippen molar-refractivity contribution in [3.05, 3.63) is 59.9 Å². The average molecular weight is 312 g/mol. The lowest BCUT2D eigenvalue weighted by molar-refractivity contribution is -0.109. The second kappa shape index (κ2) is 7.38. The Morgan fingerprint density at radius 3 is 2.87 bits per heavy atom. The van der Waals surface area contributed by atoms with Crippen molar-refractivity contribution < 1.29 is 9.18 Å². The minimum Gasteiger partial charge on any atom is -0.359 e. The van der Waals surface area contributed by atoms with Crippen LogP contribution in [0.3, 0.4) is 0 Å². The van der Waals surface area contributed by atoms with E-state index < -0.39 is 0 Å². The standard InChI is InChI=1S/C19H21FN2O/c20-18-7-2-1-6-17(18)14-4-3-5-15(12-14)19-9-8-16(22-19)10-11-21-13-23/h1-7,12-13,16,19,22H,8-11H2,(H,21,23). The number of amides is 1. The third-order valence-corrected chi connectivity index (χ3v) is 4.44. The van der Waals surface area contributed by atoms with E-state index in [2.05, 4.69) is 22.8 Å². The van der Waals surface area contributed by atoms with E-state index >= 15 is 0 Å². The Bertz CT molecular complexity index is 674. The Labute approximate surface area is 135 Å². The maximum atomic E-state index is 14.0. The summed E-state index contributed by atoms with van der Waals surface area (Å²) < 4.78 is 14.0. The molecular formula is C19H21FN2O. The van der Waals surface area contributed by atoms with Gasteiger partial charge in [-0.1, -0.05) is 36.4 Å². The minimum atomic E-state index is -0.193. The third kappa shape index (κ3) is 3.77. The lowest BCUT2D eigenvalue weighted by Gasteiger charge is -2.15. The fourth-order valence-corrected chi connectivity index (χ4v) is 3.24. The van der Waals surface area contributed by atoms with E-state index in [1.54, 1.807) is 6.07 Å². The van der Waals surface area contributed by atoms with Crippen LogP contribution >= 0.6 is 0 Å². The molecule has 3 nitrogen and oxygen atoms in total. The molecule has 1 fully saturated rings. The first-order valence-electron chi connectivity index (χ1n) is 8.06. The van der Waals surface area contributed by atoms with Crippen molar-refractivity contribution in [1.29, 1.82) is 0 Å². The molecule has 2 unspecified atom stereocenters.